The van der Waals surface area contributed by atoms with Crippen LogP contribution in [0.5, 0.6) is 0 Å². The van der Waals surface area contributed by atoms with Crippen molar-refractivity contribution in [2.75, 3.05) is 13.1 Å². The predicted molar refractivity (Wildman–Crippen MR) is 65.8 cm³/mol. The molecule has 0 aliphatic carbocycles. The number of rotatable bonds is 4. The highest BCUT2D eigenvalue weighted by Gasteiger charge is 2.23. The second kappa shape index (κ2) is 5.61. The SMILES string of the molecule is BrC1CNNC1CNCc1ccccc1. The Bertz CT molecular complexity index is 291. The van der Waals surface area contributed by atoms with Gasteiger partial charge in [-0.05, 0) is 5.56 Å². The van der Waals surface area contributed by atoms with E-state index in [9.17, 15) is 0 Å². The van der Waals surface area contributed by atoms with E-state index in [4.69, 9.17) is 0 Å². The van der Waals surface area contributed by atoms with Gasteiger partial charge in [0, 0.05) is 30.5 Å². The Kier molecular flexibility index (Phi) is 4.14. The maximum absolute atomic E-state index is 3.63. The second-order valence-corrected chi connectivity index (χ2v) is 4.94. The van der Waals surface area contributed by atoms with Crippen LogP contribution in [-0.4, -0.2) is 24.0 Å². The first-order valence-corrected chi connectivity index (χ1v) is 6.15. The van der Waals surface area contributed by atoms with Crippen LogP contribution in [0.15, 0.2) is 30.3 Å². The number of hydrogen-bond acceptors (Lipinski definition) is 3. The number of hydrogen-bond donors (Lipinski definition) is 3. The first-order chi connectivity index (χ1) is 7.36. The van der Waals surface area contributed by atoms with E-state index < -0.39 is 0 Å². The summed E-state index contributed by atoms with van der Waals surface area (Å²) in [6.07, 6.45) is 0. The van der Waals surface area contributed by atoms with Crippen LogP contribution in [0.4, 0.5) is 0 Å². The van der Waals surface area contributed by atoms with Gasteiger partial charge < -0.3 is 5.32 Å². The molecule has 0 amide bonds. The van der Waals surface area contributed by atoms with Crippen molar-refractivity contribution >= 4 is 15.9 Å². The van der Waals surface area contributed by atoms with Crippen LogP contribution in [0.25, 0.3) is 0 Å². The Morgan fingerprint density at radius 3 is 2.80 bits per heavy atom. The predicted octanol–water partition coefficient (Wildman–Crippen LogP) is 1.02. The summed E-state index contributed by atoms with van der Waals surface area (Å²) < 4.78 is 0. The lowest BCUT2D eigenvalue weighted by atomic mass is 10.2. The molecule has 0 aromatic heterocycles. The summed E-state index contributed by atoms with van der Waals surface area (Å²) in [5.74, 6) is 0. The van der Waals surface area contributed by atoms with Gasteiger partial charge in [0.2, 0.25) is 0 Å². The molecule has 2 rings (SSSR count). The lowest BCUT2D eigenvalue weighted by molar-refractivity contribution is 0.512. The Hall–Kier alpha value is -0.420. The molecule has 2 atom stereocenters. The van der Waals surface area contributed by atoms with Gasteiger partial charge in [-0.3, -0.25) is 10.9 Å². The van der Waals surface area contributed by atoms with Crippen molar-refractivity contribution in [2.24, 2.45) is 0 Å². The lowest BCUT2D eigenvalue weighted by Crippen LogP contribution is -2.40. The van der Waals surface area contributed by atoms with E-state index >= 15 is 0 Å². The van der Waals surface area contributed by atoms with Gasteiger partial charge in [-0.25, -0.2) is 0 Å². The third-order valence-electron chi connectivity index (χ3n) is 2.56. The van der Waals surface area contributed by atoms with Gasteiger partial charge in [0.05, 0.1) is 0 Å². The van der Waals surface area contributed by atoms with Crippen LogP contribution >= 0.6 is 15.9 Å². The largest absolute Gasteiger partial charge is 0.311 e. The molecule has 3 nitrogen and oxygen atoms in total. The maximum atomic E-state index is 3.63. The molecule has 2 unspecified atom stereocenters. The molecule has 0 spiro atoms. The first kappa shape index (κ1) is 11.1. The van der Waals surface area contributed by atoms with Crippen LogP contribution in [0.1, 0.15) is 5.56 Å². The van der Waals surface area contributed by atoms with E-state index in [-0.39, 0.29) is 0 Å². The van der Waals surface area contributed by atoms with Gasteiger partial charge in [-0.1, -0.05) is 46.3 Å². The second-order valence-electron chi connectivity index (χ2n) is 3.76. The minimum absolute atomic E-state index is 0.466. The summed E-state index contributed by atoms with van der Waals surface area (Å²) in [6.45, 7) is 2.88. The molecule has 0 radical (unpaired) electrons. The van der Waals surface area contributed by atoms with Gasteiger partial charge in [0.25, 0.3) is 0 Å². The first-order valence-electron chi connectivity index (χ1n) is 5.23. The zero-order valence-corrected chi connectivity index (χ0v) is 10.1. The Morgan fingerprint density at radius 2 is 2.13 bits per heavy atom. The summed E-state index contributed by atoms with van der Waals surface area (Å²) in [7, 11) is 0. The molecule has 1 saturated heterocycles. The van der Waals surface area contributed by atoms with E-state index in [1.807, 2.05) is 6.07 Å². The summed E-state index contributed by atoms with van der Waals surface area (Å²) >= 11 is 3.63. The van der Waals surface area contributed by atoms with Gasteiger partial charge in [0.15, 0.2) is 0 Å². The van der Waals surface area contributed by atoms with E-state index in [0.717, 1.165) is 19.6 Å². The fourth-order valence-electron chi connectivity index (χ4n) is 1.67. The lowest BCUT2D eigenvalue weighted by Gasteiger charge is -2.14. The average molecular weight is 270 g/mol. The standard InChI is InChI=1S/C11H16BrN3/c12-10-7-14-15-11(10)8-13-6-9-4-2-1-3-5-9/h1-5,10-11,13-15H,6-8H2. The Morgan fingerprint density at radius 1 is 1.33 bits per heavy atom. The van der Waals surface area contributed by atoms with Crippen LogP contribution < -0.4 is 16.2 Å². The summed E-state index contributed by atoms with van der Waals surface area (Å²) in [5.41, 5.74) is 7.70. The number of halogens is 1. The van der Waals surface area contributed by atoms with Crippen LogP contribution in [0.3, 0.4) is 0 Å². The molecule has 1 aliphatic heterocycles. The van der Waals surface area contributed by atoms with Crippen molar-refractivity contribution < 1.29 is 0 Å². The van der Waals surface area contributed by atoms with Crippen molar-refractivity contribution in [3.8, 4) is 0 Å². The van der Waals surface area contributed by atoms with Crippen molar-refractivity contribution in [3.63, 3.8) is 0 Å². The van der Waals surface area contributed by atoms with Gasteiger partial charge in [-0.2, -0.15) is 0 Å². The average Bonchev–Trinajstić information content (AvgIpc) is 2.66. The molecule has 82 valence electrons. The zero-order valence-electron chi connectivity index (χ0n) is 8.54. The third-order valence-corrected chi connectivity index (χ3v) is 3.52. The fraction of sp³-hybridized carbons (Fsp3) is 0.455. The van der Waals surface area contributed by atoms with Crippen molar-refractivity contribution in [1.29, 1.82) is 0 Å². The highest BCUT2D eigenvalue weighted by atomic mass is 79.9. The molecule has 0 saturated carbocycles. The summed E-state index contributed by atoms with van der Waals surface area (Å²) in [6, 6.07) is 10.9. The number of nitrogens with one attached hydrogen (secondary N) is 3. The molecule has 1 aliphatic rings. The molecule has 15 heavy (non-hydrogen) atoms. The molecule has 1 aromatic rings. The van der Waals surface area contributed by atoms with Crippen LogP contribution in [-0.2, 0) is 6.54 Å². The normalized spacial score (nSPS) is 25.7. The zero-order chi connectivity index (χ0) is 10.5. The van der Waals surface area contributed by atoms with Gasteiger partial charge in [-0.15, -0.1) is 0 Å². The molecule has 1 aromatic carbocycles. The Balaban J connectivity index is 1.71. The number of benzene rings is 1. The summed E-state index contributed by atoms with van der Waals surface area (Å²) in [5, 5.41) is 3.44. The minimum atomic E-state index is 0.466. The third kappa shape index (κ3) is 3.28. The number of hydrazine groups is 1. The van der Waals surface area contributed by atoms with Gasteiger partial charge >= 0.3 is 0 Å². The highest BCUT2D eigenvalue weighted by molar-refractivity contribution is 9.09. The molecule has 0 bridgehead atoms. The smallest absolute Gasteiger partial charge is 0.0475 e. The van der Waals surface area contributed by atoms with E-state index in [1.165, 1.54) is 5.56 Å². The van der Waals surface area contributed by atoms with Crippen LogP contribution in [0, 0.1) is 0 Å². The quantitative estimate of drug-likeness (QED) is 0.715. The number of alkyl halides is 1. The summed E-state index contributed by atoms with van der Waals surface area (Å²) in [4.78, 5) is 0.515. The topological polar surface area (TPSA) is 36.1 Å². The minimum Gasteiger partial charge on any atom is -0.311 e. The molecular weight excluding hydrogens is 254 g/mol. The highest BCUT2D eigenvalue weighted by Crippen LogP contribution is 2.08. The van der Waals surface area contributed by atoms with Crippen molar-refractivity contribution in [2.45, 2.75) is 17.4 Å². The van der Waals surface area contributed by atoms with Crippen molar-refractivity contribution in [1.82, 2.24) is 16.2 Å². The molecule has 1 heterocycles. The molecule has 3 N–H and O–H groups in total. The fourth-order valence-corrected chi connectivity index (χ4v) is 2.15. The van der Waals surface area contributed by atoms with E-state index in [0.29, 0.717) is 10.9 Å². The monoisotopic (exact) mass is 269 g/mol. The Labute approximate surface area is 98.7 Å². The molecular formula is C11H16BrN3. The van der Waals surface area contributed by atoms with E-state index in [2.05, 4.69) is 56.4 Å². The van der Waals surface area contributed by atoms with Crippen LogP contribution in [0.2, 0.25) is 0 Å². The molecule has 1 fully saturated rings. The van der Waals surface area contributed by atoms with Crippen molar-refractivity contribution in [3.05, 3.63) is 35.9 Å². The molecule has 4 heteroatoms. The van der Waals surface area contributed by atoms with Gasteiger partial charge in [0.1, 0.15) is 0 Å². The maximum Gasteiger partial charge on any atom is 0.0475 e. The van der Waals surface area contributed by atoms with E-state index in [1.54, 1.807) is 0 Å².